The van der Waals surface area contributed by atoms with E-state index in [1.165, 1.54) is 0 Å². The van der Waals surface area contributed by atoms with E-state index in [2.05, 4.69) is 5.43 Å². The highest BCUT2D eigenvalue weighted by Gasteiger charge is 2.09. The summed E-state index contributed by atoms with van der Waals surface area (Å²) < 4.78 is 5.10. The van der Waals surface area contributed by atoms with Gasteiger partial charge in [-0.25, -0.2) is 0 Å². The largest absolute Gasteiger partial charge is 0.497 e. The average molecular weight is 271 g/mol. The van der Waals surface area contributed by atoms with E-state index in [0.717, 1.165) is 11.3 Å². The van der Waals surface area contributed by atoms with Crippen LogP contribution in [0.5, 0.6) is 5.75 Å². The minimum Gasteiger partial charge on any atom is -0.497 e. The van der Waals surface area contributed by atoms with Crippen molar-refractivity contribution in [2.45, 2.75) is 6.54 Å². The smallest absolute Gasteiger partial charge is 0.139 e. The number of halogens is 2. The zero-order valence-electron chi connectivity index (χ0n) is 9.28. The first-order valence-electron chi connectivity index (χ1n) is 5.09. The first kappa shape index (κ1) is 12.1. The fraction of sp³-hybridized carbons (Fsp3) is 0.167. The molecule has 1 aliphatic heterocycles. The molecule has 0 amide bonds. The summed E-state index contributed by atoms with van der Waals surface area (Å²) in [6, 6.07) is 7.85. The van der Waals surface area contributed by atoms with Gasteiger partial charge < -0.3 is 4.74 Å². The van der Waals surface area contributed by atoms with Gasteiger partial charge in [0.1, 0.15) is 10.9 Å². The van der Waals surface area contributed by atoms with Gasteiger partial charge in [-0.1, -0.05) is 35.3 Å². The van der Waals surface area contributed by atoms with Gasteiger partial charge in [0, 0.05) is 6.20 Å². The van der Waals surface area contributed by atoms with Crippen molar-refractivity contribution in [1.82, 2.24) is 10.4 Å². The van der Waals surface area contributed by atoms with Gasteiger partial charge in [0.15, 0.2) is 0 Å². The molecule has 0 aliphatic carbocycles. The van der Waals surface area contributed by atoms with Crippen LogP contribution in [0.3, 0.4) is 0 Å². The van der Waals surface area contributed by atoms with Gasteiger partial charge in [-0.15, -0.1) is 0 Å². The van der Waals surface area contributed by atoms with Crippen molar-refractivity contribution in [1.29, 1.82) is 0 Å². The van der Waals surface area contributed by atoms with Crippen LogP contribution in [0.2, 0.25) is 0 Å². The van der Waals surface area contributed by atoms with E-state index in [-0.39, 0.29) is 0 Å². The lowest BCUT2D eigenvalue weighted by Crippen LogP contribution is -2.32. The highest BCUT2D eigenvalue weighted by molar-refractivity contribution is 6.40. The first-order valence-corrected chi connectivity index (χ1v) is 5.84. The third-order valence-corrected chi connectivity index (χ3v) is 3.06. The lowest BCUT2D eigenvalue weighted by Gasteiger charge is -2.25. The van der Waals surface area contributed by atoms with Gasteiger partial charge in [-0.05, 0) is 23.8 Å². The number of hydrazine groups is 1. The predicted octanol–water partition coefficient (Wildman–Crippen LogP) is 3.18. The van der Waals surface area contributed by atoms with Crippen LogP contribution in [0.1, 0.15) is 5.56 Å². The Hall–Kier alpha value is -1.32. The molecule has 3 nitrogen and oxygen atoms in total. The molecule has 1 aliphatic rings. The Morgan fingerprint density at radius 3 is 2.53 bits per heavy atom. The molecule has 2 rings (SSSR count). The van der Waals surface area contributed by atoms with Crippen LogP contribution in [0.15, 0.2) is 46.7 Å². The molecular formula is C12H12Cl2N2O. The summed E-state index contributed by atoms with van der Waals surface area (Å²) >= 11 is 11.7. The summed E-state index contributed by atoms with van der Waals surface area (Å²) in [5.74, 6) is 0.844. The Kier molecular flexibility index (Phi) is 3.82. The maximum Gasteiger partial charge on any atom is 0.139 e. The number of methoxy groups -OCH3 is 1. The quantitative estimate of drug-likeness (QED) is 0.854. The third-order valence-electron chi connectivity index (χ3n) is 2.36. The van der Waals surface area contributed by atoms with E-state index < -0.39 is 0 Å². The molecule has 0 atom stereocenters. The number of nitrogens with zero attached hydrogens (tertiary/aromatic N) is 1. The molecule has 0 saturated heterocycles. The van der Waals surface area contributed by atoms with Crippen molar-refractivity contribution < 1.29 is 4.74 Å². The zero-order valence-corrected chi connectivity index (χ0v) is 10.8. The second-order valence-corrected chi connectivity index (χ2v) is 4.35. The monoisotopic (exact) mass is 270 g/mol. The van der Waals surface area contributed by atoms with Crippen molar-refractivity contribution in [2.24, 2.45) is 0 Å². The molecule has 1 N–H and O–H groups in total. The summed E-state index contributed by atoms with van der Waals surface area (Å²) in [4.78, 5) is 0. The Labute approximate surface area is 110 Å². The number of nitrogens with one attached hydrogen (secondary N) is 1. The minimum atomic E-state index is 0.433. The van der Waals surface area contributed by atoms with Crippen LogP contribution < -0.4 is 10.2 Å². The minimum absolute atomic E-state index is 0.433. The number of allylic oxidation sites excluding steroid dienone is 2. The van der Waals surface area contributed by atoms with E-state index >= 15 is 0 Å². The van der Waals surface area contributed by atoms with E-state index in [9.17, 15) is 0 Å². The predicted molar refractivity (Wildman–Crippen MR) is 69.5 cm³/mol. The fourth-order valence-corrected chi connectivity index (χ4v) is 1.74. The maximum absolute atomic E-state index is 5.90. The third kappa shape index (κ3) is 3.08. The van der Waals surface area contributed by atoms with Crippen LogP contribution in [0.25, 0.3) is 0 Å². The molecule has 0 radical (unpaired) electrons. The Morgan fingerprint density at radius 1 is 1.24 bits per heavy atom. The fourth-order valence-electron chi connectivity index (χ4n) is 1.47. The Bertz CT molecular complexity index is 454. The van der Waals surface area contributed by atoms with Crippen molar-refractivity contribution in [3.05, 3.63) is 52.3 Å². The summed E-state index contributed by atoms with van der Waals surface area (Å²) in [6.07, 6.45) is 3.60. The Balaban J connectivity index is 2.00. The lowest BCUT2D eigenvalue weighted by molar-refractivity contribution is 0.298. The topological polar surface area (TPSA) is 24.5 Å². The summed E-state index contributed by atoms with van der Waals surface area (Å²) in [6.45, 7) is 0.695. The molecule has 5 heteroatoms. The normalized spacial score (nSPS) is 14.9. The number of hydrogen-bond acceptors (Lipinski definition) is 3. The van der Waals surface area contributed by atoms with Gasteiger partial charge in [0.05, 0.1) is 18.7 Å². The van der Waals surface area contributed by atoms with Crippen molar-refractivity contribution >= 4 is 23.2 Å². The maximum atomic E-state index is 5.90. The highest BCUT2D eigenvalue weighted by Crippen LogP contribution is 2.19. The van der Waals surface area contributed by atoms with Crippen LogP contribution in [0, 0.1) is 0 Å². The SMILES string of the molecule is COc1ccc(CN2C=CC(Cl)=C(Cl)N2)cc1. The average Bonchev–Trinajstić information content (AvgIpc) is 2.35. The van der Waals surface area contributed by atoms with Gasteiger partial charge in [0.25, 0.3) is 0 Å². The Morgan fingerprint density at radius 2 is 1.94 bits per heavy atom. The summed E-state index contributed by atoms with van der Waals surface area (Å²) in [7, 11) is 1.65. The molecule has 1 aromatic rings. The molecular weight excluding hydrogens is 259 g/mol. The van der Waals surface area contributed by atoms with E-state index in [0.29, 0.717) is 16.7 Å². The van der Waals surface area contributed by atoms with Crippen LogP contribution in [-0.4, -0.2) is 12.1 Å². The molecule has 1 aromatic carbocycles. The van der Waals surface area contributed by atoms with E-state index in [1.54, 1.807) is 13.2 Å². The molecule has 1 heterocycles. The molecule has 17 heavy (non-hydrogen) atoms. The number of benzene rings is 1. The van der Waals surface area contributed by atoms with E-state index in [4.69, 9.17) is 27.9 Å². The molecule has 0 saturated carbocycles. The summed E-state index contributed by atoms with van der Waals surface area (Å²) in [5, 5.41) is 2.80. The molecule has 90 valence electrons. The van der Waals surface area contributed by atoms with Crippen LogP contribution in [-0.2, 0) is 6.54 Å². The highest BCUT2D eigenvalue weighted by atomic mass is 35.5. The van der Waals surface area contributed by atoms with Gasteiger partial charge in [-0.2, -0.15) is 0 Å². The van der Waals surface area contributed by atoms with Crippen molar-refractivity contribution in [3.63, 3.8) is 0 Å². The van der Waals surface area contributed by atoms with Crippen molar-refractivity contribution in [3.8, 4) is 5.75 Å². The van der Waals surface area contributed by atoms with Gasteiger partial charge >= 0.3 is 0 Å². The second-order valence-electron chi connectivity index (χ2n) is 3.57. The summed E-state index contributed by atoms with van der Waals surface area (Å²) in [5.41, 5.74) is 4.12. The van der Waals surface area contributed by atoms with Gasteiger partial charge in [-0.3, -0.25) is 10.4 Å². The second kappa shape index (κ2) is 5.34. The van der Waals surface area contributed by atoms with Crippen LogP contribution in [0.4, 0.5) is 0 Å². The molecule has 0 spiro atoms. The lowest BCUT2D eigenvalue weighted by atomic mass is 10.2. The molecule has 0 unspecified atom stereocenters. The van der Waals surface area contributed by atoms with Gasteiger partial charge in [0.2, 0.25) is 0 Å². The standard InChI is InChI=1S/C12H12Cl2N2O/c1-17-10-4-2-9(3-5-10)8-16-7-6-11(13)12(14)15-16/h2-7,15H,8H2,1H3. The molecule has 0 aromatic heterocycles. The molecule has 0 bridgehead atoms. The van der Waals surface area contributed by atoms with Crippen molar-refractivity contribution in [2.75, 3.05) is 7.11 Å². The zero-order chi connectivity index (χ0) is 12.3. The molecule has 0 fully saturated rings. The van der Waals surface area contributed by atoms with Crippen LogP contribution >= 0.6 is 23.2 Å². The van der Waals surface area contributed by atoms with E-state index in [1.807, 2.05) is 35.5 Å². The number of ether oxygens (including phenoxy) is 1. The number of hydrogen-bond donors (Lipinski definition) is 1. The number of rotatable bonds is 3. The first-order chi connectivity index (χ1) is 8.19.